The van der Waals surface area contributed by atoms with Gasteiger partial charge in [-0.15, -0.1) is 0 Å². The minimum Gasteiger partial charge on any atom is -0.505 e. The van der Waals surface area contributed by atoms with Gasteiger partial charge < -0.3 is 14.9 Å². The fourth-order valence-electron chi connectivity index (χ4n) is 3.34. The van der Waals surface area contributed by atoms with Crippen molar-refractivity contribution in [2.24, 2.45) is 0 Å². The first-order chi connectivity index (χ1) is 16.9. The molecule has 4 rings (SSSR count). The molecule has 0 amide bonds. The van der Waals surface area contributed by atoms with Gasteiger partial charge in [-0.05, 0) is 18.6 Å². The SMILES string of the molecule is O=c1[nH]c(=O)n(-c2cc(Cl)c(Oc3cc(S(=O)(=O)N4CCC(O)C4)c(O)cn3)c(Cl)c2)nc1C(F)F. The van der Waals surface area contributed by atoms with E-state index in [0.717, 1.165) is 28.7 Å². The molecule has 1 atom stereocenters. The number of benzene rings is 1. The Bertz CT molecular complexity index is 1540. The highest BCUT2D eigenvalue weighted by molar-refractivity contribution is 7.89. The van der Waals surface area contributed by atoms with Crippen LogP contribution in [0.3, 0.4) is 0 Å². The highest BCUT2D eigenvalue weighted by Gasteiger charge is 2.34. The van der Waals surface area contributed by atoms with Crippen molar-refractivity contribution in [3.05, 3.63) is 61.0 Å². The first-order valence-corrected chi connectivity index (χ1v) is 12.1. The molecular formula is C19H15Cl2F2N5O7S. The number of alkyl halides is 2. The number of aromatic amines is 1. The second kappa shape index (κ2) is 9.74. The Hall–Kier alpha value is -3.11. The molecule has 192 valence electrons. The number of sulfonamides is 1. The molecule has 3 heterocycles. The number of hydrogen-bond donors (Lipinski definition) is 3. The molecule has 1 saturated heterocycles. The molecule has 0 saturated carbocycles. The molecule has 1 aliphatic heterocycles. The fraction of sp³-hybridized carbons (Fsp3) is 0.263. The summed E-state index contributed by atoms with van der Waals surface area (Å²) in [5.74, 6) is -1.23. The van der Waals surface area contributed by atoms with Crippen LogP contribution in [0.15, 0.2) is 38.9 Å². The molecular weight excluding hydrogens is 551 g/mol. The Morgan fingerprint density at radius 2 is 1.86 bits per heavy atom. The average Bonchev–Trinajstić information content (AvgIpc) is 3.24. The monoisotopic (exact) mass is 565 g/mol. The summed E-state index contributed by atoms with van der Waals surface area (Å²) >= 11 is 12.4. The number of rotatable bonds is 6. The summed E-state index contributed by atoms with van der Waals surface area (Å²) in [6, 6.07) is 3.08. The maximum atomic E-state index is 13.0. The van der Waals surface area contributed by atoms with Gasteiger partial charge in [-0.25, -0.2) is 27.0 Å². The summed E-state index contributed by atoms with van der Waals surface area (Å²) < 4.78 is 58.8. The van der Waals surface area contributed by atoms with Crippen molar-refractivity contribution in [1.82, 2.24) is 24.1 Å². The van der Waals surface area contributed by atoms with E-state index in [1.54, 1.807) is 4.98 Å². The van der Waals surface area contributed by atoms with Crippen molar-refractivity contribution in [3.63, 3.8) is 0 Å². The normalized spacial score (nSPS) is 16.6. The van der Waals surface area contributed by atoms with Gasteiger partial charge >= 0.3 is 5.69 Å². The van der Waals surface area contributed by atoms with Crippen LogP contribution in [-0.2, 0) is 10.0 Å². The Morgan fingerprint density at radius 3 is 2.44 bits per heavy atom. The number of β-amino-alcohol motifs (C(OH)–C–C–N with tert-alkyl or cyclic N) is 1. The number of H-pyrrole nitrogens is 1. The first kappa shape index (κ1) is 26.0. The Kier molecular flexibility index (Phi) is 7.03. The molecule has 0 spiro atoms. The maximum absolute atomic E-state index is 13.0. The molecule has 1 unspecified atom stereocenters. The smallest absolute Gasteiger partial charge is 0.349 e. The van der Waals surface area contributed by atoms with Crippen LogP contribution in [0, 0.1) is 0 Å². The second-order valence-electron chi connectivity index (χ2n) is 7.49. The summed E-state index contributed by atoms with van der Waals surface area (Å²) in [6.07, 6.45) is -3.03. The summed E-state index contributed by atoms with van der Waals surface area (Å²) in [7, 11) is -4.20. The lowest BCUT2D eigenvalue weighted by Gasteiger charge is -2.17. The third kappa shape index (κ3) is 4.92. The van der Waals surface area contributed by atoms with Crippen LogP contribution < -0.4 is 16.0 Å². The Labute approximate surface area is 210 Å². The third-order valence-corrected chi connectivity index (χ3v) is 7.51. The van der Waals surface area contributed by atoms with Crippen LogP contribution >= 0.6 is 23.2 Å². The van der Waals surface area contributed by atoms with E-state index in [9.17, 15) is 37.0 Å². The van der Waals surface area contributed by atoms with Gasteiger partial charge in [-0.2, -0.15) is 14.1 Å². The van der Waals surface area contributed by atoms with Gasteiger partial charge in [0.15, 0.2) is 17.2 Å². The highest BCUT2D eigenvalue weighted by atomic mass is 35.5. The number of aliphatic hydroxyl groups is 1. The quantitative estimate of drug-likeness (QED) is 0.403. The molecule has 12 nitrogen and oxygen atoms in total. The van der Waals surface area contributed by atoms with E-state index >= 15 is 0 Å². The number of aromatic nitrogens is 4. The predicted molar refractivity (Wildman–Crippen MR) is 121 cm³/mol. The number of hydrogen-bond acceptors (Lipinski definition) is 9. The van der Waals surface area contributed by atoms with Gasteiger partial charge in [0.1, 0.15) is 4.90 Å². The van der Waals surface area contributed by atoms with Crippen LogP contribution in [0.25, 0.3) is 5.69 Å². The van der Waals surface area contributed by atoms with Crippen molar-refractivity contribution < 1.29 is 32.1 Å². The van der Waals surface area contributed by atoms with Crippen molar-refractivity contribution in [3.8, 4) is 23.1 Å². The summed E-state index contributed by atoms with van der Waals surface area (Å²) in [4.78, 5) is 28.6. The molecule has 36 heavy (non-hydrogen) atoms. The van der Waals surface area contributed by atoms with Crippen LogP contribution in [0.1, 0.15) is 18.5 Å². The van der Waals surface area contributed by atoms with Gasteiger partial charge in [0.25, 0.3) is 12.0 Å². The molecule has 1 aliphatic rings. The highest BCUT2D eigenvalue weighted by Crippen LogP contribution is 2.39. The predicted octanol–water partition coefficient (Wildman–Crippen LogP) is 1.81. The number of pyridine rings is 1. The molecule has 2 aromatic heterocycles. The molecule has 1 aromatic carbocycles. The number of nitrogens with zero attached hydrogens (tertiary/aromatic N) is 4. The number of ether oxygens (including phenoxy) is 1. The summed E-state index contributed by atoms with van der Waals surface area (Å²) in [5.41, 5.74) is -3.87. The molecule has 17 heteroatoms. The number of aromatic hydroxyl groups is 1. The van der Waals surface area contributed by atoms with Crippen LogP contribution in [0.5, 0.6) is 17.4 Å². The molecule has 0 aliphatic carbocycles. The van der Waals surface area contributed by atoms with E-state index in [-0.39, 0.29) is 46.9 Å². The van der Waals surface area contributed by atoms with Gasteiger partial charge in [0.2, 0.25) is 15.9 Å². The number of aliphatic hydroxyl groups excluding tert-OH is 1. The van der Waals surface area contributed by atoms with Gasteiger partial charge in [0.05, 0.1) is 28.0 Å². The van der Waals surface area contributed by atoms with E-state index < -0.39 is 50.1 Å². The second-order valence-corrected chi connectivity index (χ2v) is 10.2. The van der Waals surface area contributed by atoms with E-state index in [4.69, 9.17) is 27.9 Å². The molecule has 0 radical (unpaired) electrons. The van der Waals surface area contributed by atoms with E-state index in [1.165, 1.54) is 0 Å². The fourth-order valence-corrected chi connectivity index (χ4v) is 5.46. The third-order valence-electron chi connectivity index (χ3n) is 5.06. The lowest BCUT2D eigenvalue weighted by Crippen LogP contribution is -2.34. The lowest BCUT2D eigenvalue weighted by atomic mass is 10.3. The van der Waals surface area contributed by atoms with Crippen molar-refractivity contribution in [2.45, 2.75) is 23.8 Å². The zero-order chi connectivity index (χ0) is 26.4. The largest absolute Gasteiger partial charge is 0.505 e. The van der Waals surface area contributed by atoms with Crippen LogP contribution in [0.2, 0.25) is 10.0 Å². The van der Waals surface area contributed by atoms with Gasteiger partial charge in [-0.1, -0.05) is 23.2 Å². The standard InChI is InChI=1S/C19H15Cl2F2N5O7S/c20-10-3-8(28-19(32)25-18(31)15(26-28)17(22)23)4-11(21)16(10)35-14-5-13(12(30)6-24-14)36(33,34)27-2-1-9(29)7-27/h3-6,9,17,29-30H,1-2,7H2,(H,25,31,32). The molecule has 0 bridgehead atoms. The van der Waals surface area contributed by atoms with E-state index in [0.29, 0.717) is 4.68 Å². The molecule has 3 aromatic rings. The van der Waals surface area contributed by atoms with Crippen molar-refractivity contribution in [1.29, 1.82) is 0 Å². The number of halogens is 4. The maximum Gasteiger partial charge on any atom is 0.349 e. The minimum absolute atomic E-state index is 0.0476. The zero-order valence-corrected chi connectivity index (χ0v) is 20.1. The van der Waals surface area contributed by atoms with Crippen LogP contribution in [-0.4, -0.2) is 61.9 Å². The summed E-state index contributed by atoms with van der Waals surface area (Å²) in [5, 5.41) is 22.6. The number of nitrogens with one attached hydrogen (secondary N) is 1. The zero-order valence-electron chi connectivity index (χ0n) is 17.7. The minimum atomic E-state index is -4.20. The molecule has 1 fully saturated rings. The van der Waals surface area contributed by atoms with Crippen molar-refractivity contribution in [2.75, 3.05) is 13.1 Å². The van der Waals surface area contributed by atoms with E-state index in [1.807, 2.05) is 0 Å². The van der Waals surface area contributed by atoms with Crippen molar-refractivity contribution >= 4 is 33.2 Å². The van der Waals surface area contributed by atoms with E-state index in [2.05, 4.69) is 10.1 Å². The lowest BCUT2D eigenvalue weighted by molar-refractivity contribution is 0.141. The van der Waals surface area contributed by atoms with Gasteiger partial charge in [0, 0.05) is 19.2 Å². The average molecular weight is 566 g/mol. The Morgan fingerprint density at radius 1 is 1.19 bits per heavy atom. The Balaban J connectivity index is 1.69. The first-order valence-electron chi connectivity index (χ1n) is 9.94. The topological polar surface area (TPSA) is 168 Å². The van der Waals surface area contributed by atoms with Crippen LogP contribution in [0.4, 0.5) is 8.78 Å². The molecule has 3 N–H and O–H groups in total. The summed E-state index contributed by atoms with van der Waals surface area (Å²) in [6.45, 7) is -0.100. The van der Waals surface area contributed by atoms with Gasteiger partial charge in [-0.3, -0.25) is 9.78 Å².